The Morgan fingerprint density at radius 2 is 1.83 bits per heavy atom. The molecule has 0 radical (unpaired) electrons. The summed E-state index contributed by atoms with van der Waals surface area (Å²) in [5.41, 5.74) is 7.43. The molecule has 1 heterocycles. The maximum atomic E-state index is 12.2. The van der Waals surface area contributed by atoms with Crippen LogP contribution >= 0.6 is 0 Å². The van der Waals surface area contributed by atoms with E-state index in [1.807, 2.05) is 24.3 Å². The normalized spacial score (nSPS) is 18.4. The molecule has 0 aromatic heterocycles. The smallest absolute Gasteiger partial charge is 0.250 e. The average Bonchev–Trinajstić information content (AvgIpc) is 2.30. The van der Waals surface area contributed by atoms with Crippen LogP contribution in [0.25, 0.3) is 0 Å². The van der Waals surface area contributed by atoms with Gasteiger partial charge in [0.1, 0.15) is 0 Å². The van der Waals surface area contributed by atoms with Crippen molar-refractivity contribution in [3.05, 3.63) is 24.3 Å². The van der Waals surface area contributed by atoms with Crippen molar-refractivity contribution in [2.75, 3.05) is 35.2 Å². The van der Waals surface area contributed by atoms with E-state index in [2.05, 4.69) is 9.26 Å². The maximum Gasteiger partial charge on any atom is 0.250 e. The van der Waals surface area contributed by atoms with Gasteiger partial charge in [0.15, 0.2) is 0 Å². The molecule has 18 heavy (non-hydrogen) atoms. The number of rotatable bonds is 1. The summed E-state index contributed by atoms with van der Waals surface area (Å²) in [5.74, 6) is 0.536. The number of nitrogen functional groups attached to an aromatic ring is 1. The van der Waals surface area contributed by atoms with Crippen molar-refractivity contribution >= 4 is 27.0 Å². The number of amides is 1. The quantitative estimate of drug-likeness (QED) is 0.773. The monoisotopic (exact) mass is 267 g/mol. The van der Waals surface area contributed by atoms with Gasteiger partial charge in [-0.25, -0.2) is 4.21 Å². The van der Waals surface area contributed by atoms with E-state index in [-0.39, 0.29) is 5.91 Å². The number of nitrogens with two attached hydrogens (primary N) is 1. The zero-order valence-corrected chi connectivity index (χ0v) is 11.2. The van der Waals surface area contributed by atoms with Crippen LogP contribution in [0, 0.1) is 0 Å². The highest BCUT2D eigenvalue weighted by Crippen LogP contribution is 2.19. The van der Waals surface area contributed by atoms with Crippen LogP contribution < -0.4 is 10.6 Å². The van der Waals surface area contributed by atoms with Gasteiger partial charge >= 0.3 is 0 Å². The summed E-state index contributed by atoms with van der Waals surface area (Å²) >= 11 is 0. The van der Waals surface area contributed by atoms with Crippen molar-refractivity contribution in [2.24, 2.45) is 4.36 Å². The summed E-state index contributed by atoms with van der Waals surface area (Å²) < 4.78 is 16.0. The molecule has 0 aliphatic carbocycles. The van der Waals surface area contributed by atoms with Crippen LogP contribution in [-0.2, 0) is 14.5 Å². The molecule has 2 rings (SSSR count). The van der Waals surface area contributed by atoms with Gasteiger partial charge < -0.3 is 10.6 Å². The van der Waals surface area contributed by atoms with Crippen LogP contribution in [0.5, 0.6) is 0 Å². The fraction of sp³-hybridized carbons (Fsp3) is 0.417. The third-order valence-corrected chi connectivity index (χ3v) is 5.14. The molecule has 1 aromatic carbocycles. The van der Waals surface area contributed by atoms with Crippen LogP contribution in [0.3, 0.4) is 0 Å². The van der Waals surface area contributed by atoms with E-state index >= 15 is 0 Å². The molecular formula is C12H17N3O2S. The van der Waals surface area contributed by atoms with Crippen LogP contribution in [0.4, 0.5) is 11.4 Å². The first kappa shape index (κ1) is 12.9. The second kappa shape index (κ2) is 4.97. The fourth-order valence-corrected chi connectivity index (χ4v) is 3.86. The van der Waals surface area contributed by atoms with E-state index in [1.165, 1.54) is 6.92 Å². The molecule has 2 N–H and O–H groups in total. The van der Waals surface area contributed by atoms with E-state index in [0.29, 0.717) is 24.6 Å². The summed E-state index contributed by atoms with van der Waals surface area (Å²) in [7, 11) is -2.33. The lowest BCUT2D eigenvalue weighted by molar-refractivity contribution is -0.115. The lowest BCUT2D eigenvalue weighted by atomic mass is 10.2. The first-order valence-corrected chi connectivity index (χ1v) is 7.67. The number of benzene rings is 1. The molecule has 1 aliphatic heterocycles. The zero-order chi connectivity index (χ0) is 13.2. The number of carbonyl (C=O) groups excluding carboxylic acids is 1. The second-order valence-corrected chi connectivity index (χ2v) is 6.91. The largest absolute Gasteiger partial charge is 0.399 e. The van der Waals surface area contributed by atoms with Gasteiger partial charge in [0.2, 0.25) is 0 Å². The minimum Gasteiger partial charge on any atom is -0.399 e. The Labute approximate surface area is 107 Å². The Bertz CT molecular complexity index is 545. The van der Waals surface area contributed by atoms with Crippen LogP contribution in [-0.4, -0.2) is 34.7 Å². The SMILES string of the molecule is CC(=O)N=S1(=O)CCN(c2ccc(N)cc2)CC1. The van der Waals surface area contributed by atoms with Crippen molar-refractivity contribution in [1.82, 2.24) is 0 Å². The predicted molar refractivity (Wildman–Crippen MR) is 74.1 cm³/mol. The first-order chi connectivity index (χ1) is 8.48. The highest BCUT2D eigenvalue weighted by molar-refractivity contribution is 7.94. The van der Waals surface area contributed by atoms with Crippen molar-refractivity contribution in [2.45, 2.75) is 6.92 Å². The standard InChI is InChI=1S/C12H17N3O2S/c1-10(16)14-18(17)8-6-15(7-9-18)12-4-2-11(13)3-5-12/h2-5H,6-9,13H2,1H3. The molecule has 1 aromatic rings. The van der Waals surface area contributed by atoms with Crippen molar-refractivity contribution in [3.8, 4) is 0 Å². The Balaban J connectivity index is 2.09. The average molecular weight is 267 g/mol. The lowest BCUT2D eigenvalue weighted by Crippen LogP contribution is -2.40. The maximum absolute atomic E-state index is 12.2. The third-order valence-electron chi connectivity index (χ3n) is 2.91. The molecule has 6 heteroatoms. The highest BCUT2D eigenvalue weighted by Gasteiger charge is 2.21. The minimum absolute atomic E-state index is 0.346. The number of nitrogens with zero attached hydrogens (tertiary/aromatic N) is 2. The first-order valence-electron chi connectivity index (χ1n) is 5.82. The van der Waals surface area contributed by atoms with Gasteiger partial charge in [-0.1, -0.05) is 0 Å². The van der Waals surface area contributed by atoms with Gasteiger partial charge in [0.25, 0.3) is 5.91 Å². The van der Waals surface area contributed by atoms with Crippen molar-refractivity contribution in [1.29, 1.82) is 0 Å². The molecule has 0 unspecified atom stereocenters. The molecule has 5 nitrogen and oxygen atoms in total. The topological polar surface area (TPSA) is 75.8 Å². The van der Waals surface area contributed by atoms with Crippen molar-refractivity contribution in [3.63, 3.8) is 0 Å². The summed E-state index contributed by atoms with van der Waals surface area (Å²) in [6, 6.07) is 7.59. The molecular weight excluding hydrogens is 250 g/mol. The minimum atomic E-state index is -2.33. The Hall–Kier alpha value is -1.56. The predicted octanol–water partition coefficient (Wildman–Crippen LogP) is 1.10. The fourth-order valence-electron chi connectivity index (χ4n) is 1.99. The molecule has 0 bridgehead atoms. The lowest BCUT2D eigenvalue weighted by Gasteiger charge is -2.30. The second-order valence-electron chi connectivity index (χ2n) is 4.37. The van der Waals surface area contributed by atoms with Gasteiger partial charge in [-0.15, -0.1) is 0 Å². The van der Waals surface area contributed by atoms with E-state index in [9.17, 15) is 9.00 Å². The molecule has 98 valence electrons. The third kappa shape index (κ3) is 3.01. The van der Waals surface area contributed by atoms with Crippen LogP contribution in [0.1, 0.15) is 6.92 Å². The van der Waals surface area contributed by atoms with E-state index in [4.69, 9.17) is 5.73 Å². The molecule has 1 fully saturated rings. The molecule has 1 saturated heterocycles. The molecule has 1 amide bonds. The number of anilines is 2. The zero-order valence-electron chi connectivity index (χ0n) is 10.3. The summed E-state index contributed by atoms with van der Waals surface area (Å²) in [5, 5.41) is 0. The molecule has 1 aliphatic rings. The highest BCUT2D eigenvalue weighted by atomic mass is 32.2. The van der Waals surface area contributed by atoms with Gasteiger partial charge in [-0.05, 0) is 24.3 Å². The van der Waals surface area contributed by atoms with Gasteiger partial charge in [-0.3, -0.25) is 4.79 Å². The van der Waals surface area contributed by atoms with Crippen molar-refractivity contribution < 1.29 is 9.00 Å². The summed E-state index contributed by atoms with van der Waals surface area (Å²) in [4.78, 5) is 13.1. The van der Waals surface area contributed by atoms with E-state index in [0.717, 1.165) is 11.4 Å². The van der Waals surface area contributed by atoms with E-state index < -0.39 is 9.73 Å². The van der Waals surface area contributed by atoms with Gasteiger partial charge in [0.05, 0.1) is 9.73 Å². The number of hydrogen-bond acceptors (Lipinski definition) is 4. The molecule has 0 saturated carbocycles. The number of carbonyl (C=O) groups is 1. The van der Waals surface area contributed by atoms with Gasteiger partial charge in [0, 0.05) is 42.9 Å². The van der Waals surface area contributed by atoms with E-state index in [1.54, 1.807) is 0 Å². The van der Waals surface area contributed by atoms with Crippen LogP contribution in [0.15, 0.2) is 28.6 Å². The molecule has 0 atom stereocenters. The molecule has 0 spiro atoms. The van der Waals surface area contributed by atoms with Gasteiger partial charge in [-0.2, -0.15) is 4.36 Å². The van der Waals surface area contributed by atoms with Crippen LogP contribution in [0.2, 0.25) is 0 Å². The summed E-state index contributed by atoms with van der Waals surface area (Å²) in [6.45, 7) is 2.65. The Morgan fingerprint density at radius 1 is 1.28 bits per heavy atom. The Kier molecular flexibility index (Phi) is 3.56. The summed E-state index contributed by atoms with van der Waals surface area (Å²) in [6.07, 6.45) is 0. The number of hydrogen-bond donors (Lipinski definition) is 1. The Morgan fingerprint density at radius 3 is 2.33 bits per heavy atom.